The number of aliphatic carboxylic acids is 1. The Morgan fingerprint density at radius 1 is 1.14 bits per heavy atom. The van der Waals surface area contributed by atoms with Gasteiger partial charge in [0.1, 0.15) is 6.04 Å². The maximum atomic E-state index is 12.3. The van der Waals surface area contributed by atoms with E-state index in [9.17, 15) is 9.59 Å². The molecule has 0 saturated carbocycles. The van der Waals surface area contributed by atoms with E-state index in [0.29, 0.717) is 22.9 Å². The highest BCUT2D eigenvalue weighted by Gasteiger charge is 2.16. The molecule has 142 valence electrons. The van der Waals surface area contributed by atoms with Gasteiger partial charge in [-0.2, -0.15) is 0 Å². The molecule has 1 unspecified atom stereocenters. The monoisotopic (exact) mass is 377 g/mol. The Kier molecular flexibility index (Phi) is 5.59. The molecule has 0 radical (unpaired) electrons. The molecule has 3 N–H and O–H groups in total. The first-order chi connectivity index (χ1) is 13.4. The molecule has 2 heterocycles. The summed E-state index contributed by atoms with van der Waals surface area (Å²) in [6, 6.07) is 9.58. The molecule has 0 aliphatic heterocycles. The lowest BCUT2D eigenvalue weighted by Gasteiger charge is -2.13. The van der Waals surface area contributed by atoms with Crippen molar-refractivity contribution >= 4 is 23.5 Å². The largest absolute Gasteiger partial charge is 0.480 e. The van der Waals surface area contributed by atoms with Gasteiger partial charge in [0.25, 0.3) is 5.91 Å². The molecule has 8 heteroatoms. The topological polar surface area (TPSA) is 117 Å². The number of pyridine rings is 1. The molecular weight excluding hydrogens is 358 g/mol. The fourth-order valence-corrected chi connectivity index (χ4v) is 2.45. The van der Waals surface area contributed by atoms with Gasteiger partial charge >= 0.3 is 5.97 Å². The third-order valence-electron chi connectivity index (χ3n) is 4.08. The normalized spacial score (nSPS) is 11.5. The minimum atomic E-state index is -1.10. The molecule has 0 bridgehead atoms. The summed E-state index contributed by atoms with van der Waals surface area (Å²) in [6.07, 6.45) is 5.04. The third kappa shape index (κ3) is 4.47. The Labute approximate surface area is 161 Å². The van der Waals surface area contributed by atoms with Gasteiger partial charge in [0.05, 0.1) is 5.69 Å². The number of hydrogen-bond acceptors (Lipinski definition) is 6. The summed E-state index contributed by atoms with van der Waals surface area (Å²) in [4.78, 5) is 36.0. The molecule has 8 nitrogen and oxygen atoms in total. The minimum absolute atomic E-state index is 0.338. The molecule has 0 fully saturated rings. The van der Waals surface area contributed by atoms with Crippen LogP contribution in [0.1, 0.15) is 22.8 Å². The number of hydrogen-bond donors (Lipinski definition) is 3. The summed E-state index contributed by atoms with van der Waals surface area (Å²) in [7, 11) is 0. The van der Waals surface area contributed by atoms with Crippen molar-refractivity contribution in [1.29, 1.82) is 0 Å². The van der Waals surface area contributed by atoms with Crippen molar-refractivity contribution in [3.05, 3.63) is 66.1 Å². The lowest BCUT2D eigenvalue weighted by Crippen LogP contribution is -2.38. The van der Waals surface area contributed by atoms with Gasteiger partial charge in [0, 0.05) is 35.4 Å². The molecule has 0 aliphatic carbocycles. The van der Waals surface area contributed by atoms with Crippen LogP contribution in [0.4, 0.5) is 11.6 Å². The fourth-order valence-electron chi connectivity index (χ4n) is 2.45. The van der Waals surface area contributed by atoms with Crippen LogP contribution in [0.15, 0.2) is 55.0 Å². The second-order valence-corrected chi connectivity index (χ2v) is 6.20. The number of nitrogens with zero attached hydrogens (tertiary/aromatic N) is 3. The zero-order valence-corrected chi connectivity index (χ0v) is 15.4. The Morgan fingerprint density at radius 2 is 1.96 bits per heavy atom. The SMILES string of the molecule is Cc1ccc(C(=O)NC(C)C(=O)O)cc1Nc1nccc(-c2cccnc2)n1. The number of anilines is 2. The van der Waals surface area contributed by atoms with Gasteiger partial charge in [-0.1, -0.05) is 6.07 Å². The maximum absolute atomic E-state index is 12.3. The molecule has 28 heavy (non-hydrogen) atoms. The van der Waals surface area contributed by atoms with Crippen molar-refractivity contribution in [2.45, 2.75) is 19.9 Å². The van der Waals surface area contributed by atoms with Crippen molar-refractivity contribution in [3.8, 4) is 11.3 Å². The number of rotatable bonds is 6. The van der Waals surface area contributed by atoms with Gasteiger partial charge in [-0.05, 0) is 49.7 Å². The van der Waals surface area contributed by atoms with Crippen LogP contribution in [-0.4, -0.2) is 38.0 Å². The molecule has 1 aromatic carbocycles. The highest BCUT2D eigenvalue weighted by molar-refractivity contribution is 5.97. The van der Waals surface area contributed by atoms with Crippen molar-refractivity contribution in [2.24, 2.45) is 0 Å². The van der Waals surface area contributed by atoms with E-state index in [1.807, 2.05) is 19.1 Å². The van der Waals surface area contributed by atoms with E-state index in [2.05, 4.69) is 25.6 Å². The summed E-state index contributed by atoms with van der Waals surface area (Å²) in [5.74, 6) is -1.19. The molecular formula is C20H19N5O3. The lowest BCUT2D eigenvalue weighted by atomic mass is 10.1. The maximum Gasteiger partial charge on any atom is 0.325 e. The van der Waals surface area contributed by atoms with Crippen LogP contribution in [0.5, 0.6) is 0 Å². The van der Waals surface area contributed by atoms with Crippen LogP contribution in [0.25, 0.3) is 11.3 Å². The molecule has 1 amide bonds. The van der Waals surface area contributed by atoms with Crippen molar-refractivity contribution < 1.29 is 14.7 Å². The molecule has 1 atom stereocenters. The first kappa shape index (κ1) is 19.0. The standard InChI is InChI=1S/C20H19N5O3/c1-12-5-6-14(18(26)23-13(2)19(27)28)10-17(12)25-20-22-9-7-16(24-20)15-4-3-8-21-11-15/h3-11,13H,1-2H3,(H,23,26)(H,27,28)(H,22,24,25). The number of amides is 1. The number of benzene rings is 1. The van der Waals surface area contributed by atoms with E-state index in [1.165, 1.54) is 6.92 Å². The highest BCUT2D eigenvalue weighted by Crippen LogP contribution is 2.22. The average Bonchev–Trinajstić information content (AvgIpc) is 2.70. The Hall–Kier alpha value is -3.81. The van der Waals surface area contributed by atoms with E-state index in [1.54, 1.807) is 42.9 Å². The molecule has 3 rings (SSSR count). The smallest absolute Gasteiger partial charge is 0.325 e. The second kappa shape index (κ2) is 8.26. The van der Waals surface area contributed by atoms with E-state index in [4.69, 9.17) is 5.11 Å². The van der Waals surface area contributed by atoms with E-state index in [0.717, 1.165) is 11.1 Å². The van der Waals surface area contributed by atoms with Crippen molar-refractivity contribution in [3.63, 3.8) is 0 Å². The van der Waals surface area contributed by atoms with E-state index >= 15 is 0 Å². The summed E-state index contributed by atoms with van der Waals surface area (Å²) in [6.45, 7) is 3.29. The first-order valence-corrected chi connectivity index (χ1v) is 8.59. The average molecular weight is 377 g/mol. The predicted molar refractivity (Wildman–Crippen MR) is 104 cm³/mol. The van der Waals surface area contributed by atoms with Crippen LogP contribution in [0.3, 0.4) is 0 Å². The quantitative estimate of drug-likeness (QED) is 0.604. The van der Waals surface area contributed by atoms with Crippen LogP contribution in [0, 0.1) is 6.92 Å². The molecule has 0 spiro atoms. The van der Waals surface area contributed by atoms with E-state index in [-0.39, 0.29) is 0 Å². The predicted octanol–water partition coefficient (Wildman–Crippen LogP) is 2.79. The minimum Gasteiger partial charge on any atom is -0.480 e. The van der Waals surface area contributed by atoms with Gasteiger partial charge in [0.15, 0.2) is 0 Å². The van der Waals surface area contributed by atoms with Crippen molar-refractivity contribution in [2.75, 3.05) is 5.32 Å². The van der Waals surface area contributed by atoms with Gasteiger partial charge in [0.2, 0.25) is 5.95 Å². The Bertz CT molecular complexity index is 1010. The summed E-state index contributed by atoms with van der Waals surface area (Å²) in [5, 5.41) is 14.5. The molecule has 0 aliphatic rings. The number of carboxylic acid groups (broad SMARTS) is 1. The third-order valence-corrected chi connectivity index (χ3v) is 4.08. The number of carbonyl (C=O) groups excluding carboxylic acids is 1. The van der Waals surface area contributed by atoms with Crippen LogP contribution in [0.2, 0.25) is 0 Å². The van der Waals surface area contributed by atoms with Crippen LogP contribution in [-0.2, 0) is 4.79 Å². The Balaban J connectivity index is 1.83. The number of aryl methyl sites for hydroxylation is 1. The van der Waals surface area contributed by atoms with Crippen LogP contribution >= 0.6 is 0 Å². The summed E-state index contributed by atoms with van der Waals surface area (Å²) < 4.78 is 0. The Morgan fingerprint density at radius 3 is 2.68 bits per heavy atom. The van der Waals surface area contributed by atoms with Gasteiger partial charge in [-0.25, -0.2) is 9.97 Å². The van der Waals surface area contributed by atoms with Crippen molar-refractivity contribution in [1.82, 2.24) is 20.3 Å². The number of carbonyl (C=O) groups is 2. The second-order valence-electron chi connectivity index (χ2n) is 6.20. The van der Waals surface area contributed by atoms with Gasteiger partial charge < -0.3 is 15.7 Å². The number of nitrogens with one attached hydrogen (secondary N) is 2. The lowest BCUT2D eigenvalue weighted by molar-refractivity contribution is -0.138. The van der Waals surface area contributed by atoms with Gasteiger partial charge in [-0.15, -0.1) is 0 Å². The first-order valence-electron chi connectivity index (χ1n) is 8.59. The zero-order chi connectivity index (χ0) is 20.1. The molecule has 0 saturated heterocycles. The fraction of sp³-hybridized carbons (Fsp3) is 0.150. The zero-order valence-electron chi connectivity index (χ0n) is 15.4. The number of aromatic nitrogens is 3. The summed E-state index contributed by atoms with van der Waals surface area (Å²) in [5.41, 5.74) is 3.45. The molecule has 2 aromatic heterocycles. The number of carboxylic acids is 1. The van der Waals surface area contributed by atoms with E-state index < -0.39 is 17.9 Å². The summed E-state index contributed by atoms with van der Waals surface area (Å²) >= 11 is 0. The van der Waals surface area contributed by atoms with Crippen LogP contribution < -0.4 is 10.6 Å². The highest BCUT2D eigenvalue weighted by atomic mass is 16.4. The molecule has 3 aromatic rings. The van der Waals surface area contributed by atoms with Gasteiger partial charge in [-0.3, -0.25) is 14.6 Å².